The molecular formula is C18H20N2O3S. The minimum absolute atomic E-state index is 0.0909. The van der Waals surface area contributed by atoms with Gasteiger partial charge in [-0.05, 0) is 50.1 Å². The molecule has 0 aliphatic carbocycles. The standard InChI is InChI=1S/C18H20N2O3S/c1-14-7-9-16(10-8-14)19-24(22,23)17-6-4-5-15(13-17)18(21)20-11-2-3-12-20/h4-10,13,19H,2-3,11-12H2,1H3. The Hall–Kier alpha value is -2.34. The third-order valence-electron chi connectivity index (χ3n) is 4.09. The van der Waals surface area contributed by atoms with Gasteiger partial charge in [0.1, 0.15) is 0 Å². The van der Waals surface area contributed by atoms with Gasteiger partial charge in [0.2, 0.25) is 0 Å². The van der Waals surface area contributed by atoms with Crippen LogP contribution in [0.3, 0.4) is 0 Å². The van der Waals surface area contributed by atoms with Gasteiger partial charge in [-0.3, -0.25) is 9.52 Å². The average molecular weight is 344 g/mol. The molecule has 3 rings (SSSR count). The molecule has 126 valence electrons. The molecule has 0 unspecified atom stereocenters. The highest BCUT2D eigenvalue weighted by Crippen LogP contribution is 2.19. The molecule has 24 heavy (non-hydrogen) atoms. The Morgan fingerprint density at radius 2 is 1.71 bits per heavy atom. The van der Waals surface area contributed by atoms with Gasteiger partial charge in [-0.1, -0.05) is 23.8 Å². The van der Waals surface area contributed by atoms with Gasteiger partial charge < -0.3 is 4.90 Å². The van der Waals surface area contributed by atoms with Gasteiger partial charge in [-0.25, -0.2) is 8.42 Å². The summed E-state index contributed by atoms with van der Waals surface area (Å²) < 4.78 is 27.6. The Balaban J connectivity index is 1.84. The van der Waals surface area contributed by atoms with Crippen LogP contribution < -0.4 is 4.72 Å². The van der Waals surface area contributed by atoms with E-state index in [1.54, 1.807) is 29.2 Å². The SMILES string of the molecule is Cc1ccc(NS(=O)(=O)c2cccc(C(=O)N3CCCC3)c2)cc1. The Morgan fingerprint density at radius 3 is 2.38 bits per heavy atom. The topological polar surface area (TPSA) is 66.5 Å². The van der Waals surface area contributed by atoms with Gasteiger partial charge in [0.15, 0.2) is 0 Å². The Bertz CT molecular complexity index is 839. The van der Waals surface area contributed by atoms with Crippen LogP contribution in [0, 0.1) is 6.92 Å². The number of nitrogens with zero attached hydrogens (tertiary/aromatic N) is 1. The molecule has 1 amide bonds. The van der Waals surface area contributed by atoms with E-state index in [0.717, 1.165) is 31.5 Å². The lowest BCUT2D eigenvalue weighted by Crippen LogP contribution is -2.27. The quantitative estimate of drug-likeness (QED) is 0.927. The Labute approximate surface area is 142 Å². The van der Waals surface area contributed by atoms with Crippen LogP contribution in [-0.2, 0) is 10.0 Å². The zero-order valence-corrected chi connectivity index (χ0v) is 14.3. The van der Waals surface area contributed by atoms with Gasteiger partial charge in [-0.15, -0.1) is 0 Å². The smallest absolute Gasteiger partial charge is 0.261 e. The lowest BCUT2D eigenvalue weighted by atomic mass is 10.2. The summed E-state index contributed by atoms with van der Waals surface area (Å²) in [6.07, 6.45) is 2.00. The van der Waals surface area contributed by atoms with E-state index < -0.39 is 10.0 Å². The molecule has 2 aromatic rings. The van der Waals surface area contributed by atoms with Crippen LogP contribution in [-0.4, -0.2) is 32.3 Å². The summed E-state index contributed by atoms with van der Waals surface area (Å²) in [5, 5.41) is 0. The molecule has 0 bridgehead atoms. The van der Waals surface area contributed by atoms with Crippen LogP contribution in [0.5, 0.6) is 0 Å². The second-order valence-corrected chi connectivity index (χ2v) is 7.68. The van der Waals surface area contributed by atoms with E-state index in [-0.39, 0.29) is 10.8 Å². The van der Waals surface area contributed by atoms with E-state index in [4.69, 9.17) is 0 Å². The molecule has 1 fully saturated rings. The van der Waals surface area contributed by atoms with E-state index in [0.29, 0.717) is 11.3 Å². The third-order valence-corrected chi connectivity index (χ3v) is 5.47. The number of hydrogen-bond donors (Lipinski definition) is 1. The highest BCUT2D eigenvalue weighted by Gasteiger charge is 2.21. The van der Waals surface area contributed by atoms with Gasteiger partial charge in [0, 0.05) is 24.3 Å². The molecule has 0 radical (unpaired) electrons. The summed E-state index contributed by atoms with van der Waals surface area (Å²) in [5.74, 6) is -0.111. The predicted molar refractivity (Wildman–Crippen MR) is 93.6 cm³/mol. The first-order chi connectivity index (χ1) is 11.5. The molecule has 0 saturated carbocycles. The monoisotopic (exact) mass is 344 g/mol. The number of amides is 1. The lowest BCUT2D eigenvalue weighted by molar-refractivity contribution is 0.0792. The molecule has 0 aromatic heterocycles. The van der Waals surface area contributed by atoms with Crippen molar-refractivity contribution in [2.45, 2.75) is 24.7 Å². The third kappa shape index (κ3) is 3.59. The van der Waals surface area contributed by atoms with Crippen LogP contribution in [0.1, 0.15) is 28.8 Å². The number of hydrogen-bond acceptors (Lipinski definition) is 3. The molecule has 6 heteroatoms. The first-order valence-electron chi connectivity index (χ1n) is 7.94. The first-order valence-corrected chi connectivity index (χ1v) is 9.43. The van der Waals surface area contributed by atoms with E-state index in [1.807, 2.05) is 19.1 Å². The number of sulfonamides is 1. The van der Waals surface area contributed by atoms with Crippen molar-refractivity contribution in [1.82, 2.24) is 4.90 Å². The van der Waals surface area contributed by atoms with E-state index in [2.05, 4.69) is 4.72 Å². The maximum Gasteiger partial charge on any atom is 0.261 e. The predicted octanol–water partition coefficient (Wildman–Crippen LogP) is 3.03. The molecule has 0 spiro atoms. The van der Waals surface area contributed by atoms with E-state index in [9.17, 15) is 13.2 Å². The number of aryl methyl sites for hydroxylation is 1. The van der Waals surface area contributed by atoms with Crippen LogP contribution in [0.15, 0.2) is 53.4 Å². The van der Waals surface area contributed by atoms with Crippen LogP contribution >= 0.6 is 0 Å². The van der Waals surface area contributed by atoms with Crippen molar-refractivity contribution >= 4 is 21.6 Å². The molecule has 1 saturated heterocycles. The van der Waals surface area contributed by atoms with Crippen LogP contribution in [0.4, 0.5) is 5.69 Å². The number of nitrogens with one attached hydrogen (secondary N) is 1. The number of carbonyl (C=O) groups excluding carboxylic acids is 1. The summed E-state index contributed by atoms with van der Waals surface area (Å²) in [6.45, 7) is 3.40. The summed E-state index contributed by atoms with van der Waals surface area (Å²) in [6, 6.07) is 13.3. The van der Waals surface area contributed by atoms with Crippen molar-refractivity contribution in [3.05, 3.63) is 59.7 Å². The second-order valence-electron chi connectivity index (χ2n) is 6.00. The molecule has 1 aliphatic rings. The van der Waals surface area contributed by atoms with Crippen molar-refractivity contribution in [3.8, 4) is 0 Å². The maximum atomic E-state index is 12.5. The van der Waals surface area contributed by atoms with Gasteiger partial charge in [-0.2, -0.15) is 0 Å². The summed E-state index contributed by atoms with van der Waals surface area (Å²) in [4.78, 5) is 14.3. The van der Waals surface area contributed by atoms with Crippen LogP contribution in [0.2, 0.25) is 0 Å². The molecule has 1 N–H and O–H groups in total. The normalized spacial score (nSPS) is 14.6. The fraction of sp³-hybridized carbons (Fsp3) is 0.278. The largest absolute Gasteiger partial charge is 0.339 e. The number of carbonyl (C=O) groups is 1. The highest BCUT2D eigenvalue weighted by atomic mass is 32.2. The average Bonchev–Trinajstić information content (AvgIpc) is 3.11. The minimum atomic E-state index is -3.73. The highest BCUT2D eigenvalue weighted by molar-refractivity contribution is 7.92. The summed E-state index contributed by atoms with van der Waals surface area (Å²) in [7, 11) is -3.73. The summed E-state index contributed by atoms with van der Waals surface area (Å²) >= 11 is 0. The molecule has 5 nitrogen and oxygen atoms in total. The van der Waals surface area contributed by atoms with Crippen molar-refractivity contribution in [2.75, 3.05) is 17.8 Å². The van der Waals surface area contributed by atoms with E-state index in [1.165, 1.54) is 12.1 Å². The minimum Gasteiger partial charge on any atom is -0.339 e. The zero-order valence-electron chi connectivity index (χ0n) is 13.5. The Kier molecular flexibility index (Phi) is 4.57. The molecule has 0 atom stereocenters. The van der Waals surface area contributed by atoms with Gasteiger partial charge >= 0.3 is 0 Å². The van der Waals surface area contributed by atoms with Gasteiger partial charge in [0.05, 0.1) is 4.90 Å². The number of rotatable bonds is 4. The summed E-state index contributed by atoms with van der Waals surface area (Å²) in [5.41, 5.74) is 1.96. The molecular weight excluding hydrogens is 324 g/mol. The van der Waals surface area contributed by atoms with Crippen molar-refractivity contribution in [3.63, 3.8) is 0 Å². The number of likely N-dealkylation sites (tertiary alicyclic amines) is 1. The number of benzene rings is 2. The number of anilines is 1. The molecule has 2 aromatic carbocycles. The van der Waals surface area contributed by atoms with Crippen LogP contribution in [0.25, 0.3) is 0 Å². The molecule has 1 heterocycles. The van der Waals surface area contributed by atoms with Gasteiger partial charge in [0.25, 0.3) is 15.9 Å². The van der Waals surface area contributed by atoms with E-state index >= 15 is 0 Å². The molecule has 1 aliphatic heterocycles. The zero-order chi connectivity index (χ0) is 17.2. The van der Waals surface area contributed by atoms with Crippen molar-refractivity contribution < 1.29 is 13.2 Å². The van der Waals surface area contributed by atoms with Crippen molar-refractivity contribution in [1.29, 1.82) is 0 Å². The maximum absolute atomic E-state index is 12.5. The fourth-order valence-electron chi connectivity index (χ4n) is 2.73. The van der Waals surface area contributed by atoms with Crippen molar-refractivity contribution in [2.24, 2.45) is 0 Å². The first kappa shape index (κ1) is 16.5. The fourth-order valence-corrected chi connectivity index (χ4v) is 3.84. The second kappa shape index (κ2) is 6.65. The Morgan fingerprint density at radius 1 is 1.04 bits per heavy atom. The lowest BCUT2D eigenvalue weighted by Gasteiger charge is -2.16.